The van der Waals surface area contributed by atoms with E-state index in [0.29, 0.717) is 12.1 Å². The van der Waals surface area contributed by atoms with Crippen LogP contribution in [0.15, 0.2) is 24.3 Å². The minimum atomic E-state index is -0.649. The summed E-state index contributed by atoms with van der Waals surface area (Å²) in [6.07, 6.45) is 6.95. The van der Waals surface area contributed by atoms with Gasteiger partial charge in [-0.05, 0) is 44.1 Å². The van der Waals surface area contributed by atoms with E-state index in [4.69, 9.17) is 0 Å². The van der Waals surface area contributed by atoms with E-state index in [0.717, 1.165) is 44.6 Å². The highest BCUT2D eigenvalue weighted by Gasteiger charge is 2.55. The lowest BCUT2D eigenvalue weighted by molar-refractivity contribution is -0.138. The molecule has 3 aliphatic rings. The molecule has 1 aromatic rings. The molecule has 1 heterocycles. The smallest absolute Gasteiger partial charge is 0.233 e. The van der Waals surface area contributed by atoms with Gasteiger partial charge >= 0.3 is 0 Å². The summed E-state index contributed by atoms with van der Waals surface area (Å²) in [6, 6.07) is 6.69. The first-order valence-corrected chi connectivity index (χ1v) is 9.24. The summed E-state index contributed by atoms with van der Waals surface area (Å²) in [5.74, 6) is 0.529. The van der Waals surface area contributed by atoms with E-state index in [9.17, 15) is 14.3 Å². The molecule has 1 atom stereocenters. The van der Waals surface area contributed by atoms with Crippen LogP contribution in [-0.2, 0) is 10.2 Å². The maximum Gasteiger partial charge on any atom is 0.233 e. The van der Waals surface area contributed by atoms with E-state index in [2.05, 4.69) is 0 Å². The van der Waals surface area contributed by atoms with Gasteiger partial charge in [-0.2, -0.15) is 0 Å². The Kier molecular flexibility index (Phi) is 3.91. The Morgan fingerprint density at radius 3 is 2.62 bits per heavy atom. The number of hydrogen-bond acceptors (Lipinski definition) is 2. The number of carbonyl (C=O) groups excluding carboxylic acids is 1. The molecule has 3 fully saturated rings. The first kappa shape index (κ1) is 16.1. The van der Waals surface area contributed by atoms with Crippen molar-refractivity contribution in [3.05, 3.63) is 35.6 Å². The van der Waals surface area contributed by atoms with Gasteiger partial charge in [-0.3, -0.25) is 4.79 Å². The number of hydrogen-bond donors (Lipinski definition) is 1. The second kappa shape index (κ2) is 5.83. The molecular formula is C20H26FNO2. The maximum absolute atomic E-state index is 14.2. The summed E-state index contributed by atoms with van der Waals surface area (Å²) in [5.41, 5.74) is -0.235. The number of aliphatic hydroxyl groups excluding tert-OH is 1. The van der Waals surface area contributed by atoms with Crippen molar-refractivity contribution in [3.8, 4) is 0 Å². The van der Waals surface area contributed by atoms with E-state index in [1.807, 2.05) is 11.0 Å². The van der Waals surface area contributed by atoms with Crippen LogP contribution in [0.5, 0.6) is 0 Å². The van der Waals surface area contributed by atoms with Crippen molar-refractivity contribution in [1.82, 2.24) is 4.90 Å². The van der Waals surface area contributed by atoms with Gasteiger partial charge in [-0.25, -0.2) is 4.39 Å². The number of piperidine rings is 1. The Hall–Kier alpha value is -1.42. The number of halogens is 1. The van der Waals surface area contributed by atoms with Gasteiger partial charge in [-0.15, -0.1) is 0 Å². The monoisotopic (exact) mass is 331 g/mol. The first-order valence-electron chi connectivity index (χ1n) is 9.24. The molecule has 0 bridgehead atoms. The van der Waals surface area contributed by atoms with Crippen molar-refractivity contribution in [1.29, 1.82) is 0 Å². The molecule has 130 valence electrons. The third-order valence-corrected chi connectivity index (χ3v) is 6.25. The van der Waals surface area contributed by atoms with Gasteiger partial charge in [0.2, 0.25) is 5.91 Å². The molecule has 3 nitrogen and oxygen atoms in total. The standard InChI is InChI=1S/C20H26FNO2/c21-17-5-2-1-4-16(17)20(9-10-20)18(24)22-11-3-8-19(13-22,14-23)12-15-6-7-15/h1-2,4-5,15,23H,3,6-14H2/t19-/m1/s1. The SMILES string of the molecule is O=C(N1CCC[C@@](CO)(CC2CC2)C1)C1(c2ccccc2F)CC1. The number of benzene rings is 1. The fourth-order valence-corrected chi connectivity index (χ4v) is 4.55. The number of nitrogens with zero attached hydrogens (tertiary/aromatic N) is 1. The minimum Gasteiger partial charge on any atom is -0.396 e. The fourth-order valence-electron chi connectivity index (χ4n) is 4.55. The molecule has 2 saturated carbocycles. The Morgan fingerprint density at radius 1 is 1.25 bits per heavy atom. The van der Waals surface area contributed by atoms with E-state index in [1.54, 1.807) is 12.1 Å². The molecule has 0 aromatic heterocycles. The molecule has 24 heavy (non-hydrogen) atoms. The fraction of sp³-hybridized carbons (Fsp3) is 0.650. The Morgan fingerprint density at radius 2 is 2.00 bits per heavy atom. The molecule has 4 heteroatoms. The third kappa shape index (κ3) is 2.75. The number of aliphatic hydroxyl groups is 1. The largest absolute Gasteiger partial charge is 0.396 e. The average Bonchev–Trinajstić information content (AvgIpc) is 3.50. The summed E-state index contributed by atoms with van der Waals surface area (Å²) in [6.45, 7) is 1.52. The van der Waals surface area contributed by atoms with Gasteiger partial charge in [-0.1, -0.05) is 31.0 Å². The highest BCUT2D eigenvalue weighted by atomic mass is 19.1. The summed E-state index contributed by atoms with van der Waals surface area (Å²) in [7, 11) is 0. The Bertz CT molecular complexity index is 638. The van der Waals surface area contributed by atoms with Crippen molar-refractivity contribution in [2.75, 3.05) is 19.7 Å². The number of amides is 1. The van der Waals surface area contributed by atoms with E-state index < -0.39 is 5.41 Å². The topological polar surface area (TPSA) is 40.5 Å². The van der Waals surface area contributed by atoms with Crippen LogP contribution in [0.1, 0.15) is 50.5 Å². The second-order valence-electron chi connectivity index (χ2n) is 8.20. The lowest BCUT2D eigenvalue weighted by Crippen LogP contribution is -2.51. The molecule has 1 aromatic carbocycles. The number of likely N-dealkylation sites (tertiary alicyclic amines) is 1. The summed E-state index contributed by atoms with van der Waals surface area (Å²) in [4.78, 5) is 15.1. The van der Waals surface area contributed by atoms with Gasteiger partial charge in [0.15, 0.2) is 0 Å². The molecule has 0 unspecified atom stereocenters. The Balaban J connectivity index is 1.54. The highest BCUT2D eigenvalue weighted by molar-refractivity contribution is 5.91. The molecule has 4 rings (SSSR count). The molecule has 0 spiro atoms. The predicted molar refractivity (Wildman–Crippen MR) is 90.0 cm³/mol. The van der Waals surface area contributed by atoms with Crippen LogP contribution in [0.25, 0.3) is 0 Å². The normalized spacial score (nSPS) is 28.7. The van der Waals surface area contributed by atoms with Crippen LogP contribution in [0, 0.1) is 17.2 Å². The van der Waals surface area contributed by atoms with E-state index >= 15 is 0 Å². The zero-order valence-corrected chi connectivity index (χ0v) is 14.1. The van der Waals surface area contributed by atoms with Crippen molar-refractivity contribution in [2.45, 2.75) is 50.4 Å². The van der Waals surface area contributed by atoms with Crippen molar-refractivity contribution < 1.29 is 14.3 Å². The predicted octanol–water partition coefficient (Wildman–Crippen LogP) is 3.26. The van der Waals surface area contributed by atoms with Crippen molar-refractivity contribution in [2.24, 2.45) is 11.3 Å². The molecule has 2 aliphatic carbocycles. The molecule has 1 saturated heterocycles. The molecule has 1 N–H and O–H groups in total. The summed E-state index contributed by atoms with van der Waals surface area (Å²) < 4.78 is 14.2. The lowest BCUT2D eigenvalue weighted by Gasteiger charge is -2.43. The number of carbonyl (C=O) groups is 1. The third-order valence-electron chi connectivity index (χ3n) is 6.25. The molecule has 1 amide bonds. The van der Waals surface area contributed by atoms with Gasteiger partial charge in [0, 0.05) is 24.1 Å². The van der Waals surface area contributed by atoms with Crippen LogP contribution in [-0.4, -0.2) is 35.6 Å². The van der Waals surface area contributed by atoms with Gasteiger partial charge in [0.1, 0.15) is 5.82 Å². The van der Waals surface area contributed by atoms with Crippen LogP contribution in [0.3, 0.4) is 0 Å². The highest BCUT2D eigenvalue weighted by Crippen LogP contribution is 2.52. The quantitative estimate of drug-likeness (QED) is 0.900. The van der Waals surface area contributed by atoms with Crippen LogP contribution in [0.4, 0.5) is 4.39 Å². The van der Waals surface area contributed by atoms with Crippen LogP contribution >= 0.6 is 0 Å². The van der Waals surface area contributed by atoms with E-state index in [1.165, 1.54) is 18.9 Å². The van der Waals surface area contributed by atoms with Gasteiger partial charge in [0.05, 0.1) is 12.0 Å². The number of rotatable bonds is 5. The van der Waals surface area contributed by atoms with Gasteiger partial charge in [0.25, 0.3) is 0 Å². The molecular weight excluding hydrogens is 305 g/mol. The van der Waals surface area contributed by atoms with Crippen molar-refractivity contribution >= 4 is 5.91 Å². The maximum atomic E-state index is 14.2. The zero-order valence-electron chi connectivity index (χ0n) is 14.1. The molecule has 0 radical (unpaired) electrons. The van der Waals surface area contributed by atoms with Crippen molar-refractivity contribution in [3.63, 3.8) is 0 Å². The molecule has 1 aliphatic heterocycles. The van der Waals surface area contributed by atoms with Gasteiger partial charge < -0.3 is 10.0 Å². The zero-order chi connectivity index (χ0) is 16.8. The van der Waals surface area contributed by atoms with E-state index in [-0.39, 0.29) is 23.7 Å². The lowest BCUT2D eigenvalue weighted by atomic mass is 9.76. The second-order valence-corrected chi connectivity index (χ2v) is 8.20. The minimum absolute atomic E-state index is 0.0703. The van der Waals surface area contributed by atoms with Crippen LogP contribution in [0.2, 0.25) is 0 Å². The Labute approximate surface area is 142 Å². The summed E-state index contributed by atoms with van der Waals surface area (Å²) >= 11 is 0. The first-order chi connectivity index (χ1) is 11.6. The van der Waals surface area contributed by atoms with Crippen LogP contribution < -0.4 is 0 Å². The summed E-state index contributed by atoms with van der Waals surface area (Å²) in [5, 5.41) is 10.00. The average molecular weight is 331 g/mol.